The number of carbonyl (C=O) groups excluding carboxylic acids is 2. The van der Waals surface area contributed by atoms with E-state index in [1.165, 1.54) is 17.8 Å². The molecule has 1 unspecified atom stereocenters. The molecule has 0 saturated carbocycles. The summed E-state index contributed by atoms with van der Waals surface area (Å²) < 4.78 is 5.76. The summed E-state index contributed by atoms with van der Waals surface area (Å²) in [5, 5.41) is 14.7. The minimum atomic E-state index is -0.906. The lowest BCUT2D eigenvalue weighted by atomic mass is 9.80. The van der Waals surface area contributed by atoms with Gasteiger partial charge in [0, 0.05) is 61.9 Å². The number of hydrogen-bond donors (Lipinski definition) is 2. The second kappa shape index (κ2) is 13.2. The number of anilines is 1. The van der Waals surface area contributed by atoms with Gasteiger partial charge in [-0.05, 0) is 52.3 Å². The van der Waals surface area contributed by atoms with E-state index in [9.17, 15) is 19.7 Å². The average molecular weight is 578 g/mol. The maximum Gasteiger partial charge on any atom is 0.336 e. The van der Waals surface area contributed by atoms with Crippen LogP contribution in [0.3, 0.4) is 0 Å². The number of hydroxylamine groups is 1. The van der Waals surface area contributed by atoms with Crippen LogP contribution >= 0.6 is 0 Å². The number of amides is 1. The third kappa shape index (κ3) is 7.54. The van der Waals surface area contributed by atoms with Gasteiger partial charge in [-0.25, -0.2) is 10.3 Å². The predicted molar refractivity (Wildman–Crippen MR) is 159 cm³/mol. The Kier molecular flexibility index (Phi) is 9.64. The highest BCUT2D eigenvalue weighted by molar-refractivity contribution is 6.01. The molecule has 0 aromatic heterocycles. The van der Waals surface area contributed by atoms with Crippen molar-refractivity contribution in [3.05, 3.63) is 92.8 Å². The Morgan fingerprint density at radius 3 is 2.31 bits per heavy atom. The van der Waals surface area contributed by atoms with Gasteiger partial charge in [-0.1, -0.05) is 30.3 Å². The molecule has 1 amide bonds. The minimum absolute atomic E-state index is 0.144. The zero-order valence-electron chi connectivity index (χ0n) is 24.8. The Morgan fingerprint density at radius 2 is 1.67 bits per heavy atom. The third-order valence-corrected chi connectivity index (χ3v) is 7.22. The number of nitrogens with one attached hydrogen (secondary N) is 2. The zero-order chi connectivity index (χ0) is 30.4. The van der Waals surface area contributed by atoms with E-state index in [1.807, 2.05) is 18.2 Å². The van der Waals surface area contributed by atoms with Gasteiger partial charge < -0.3 is 15.0 Å². The summed E-state index contributed by atoms with van der Waals surface area (Å²) in [4.78, 5) is 48.2. The number of rotatable bonds is 9. The second-order valence-corrected chi connectivity index (χ2v) is 11.4. The maximum atomic E-state index is 13.6. The van der Waals surface area contributed by atoms with Crippen molar-refractivity contribution in [2.45, 2.75) is 46.1 Å². The maximum absolute atomic E-state index is 13.6. The number of para-hydroxylation sites is 1. The van der Waals surface area contributed by atoms with Crippen molar-refractivity contribution in [3.8, 4) is 0 Å². The molecule has 4 rings (SSSR count). The lowest BCUT2D eigenvalue weighted by Gasteiger charge is -2.36. The molecular weight excluding hydrogens is 538 g/mol. The van der Waals surface area contributed by atoms with Crippen LogP contribution in [0.2, 0.25) is 0 Å². The molecule has 1 atom stereocenters. The van der Waals surface area contributed by atoms with Crippen molar-refractivity contribution in [1.29, 1.82) is 0 Å². The zero-order valence-corrected chi connectivity index (χ0v) is 24.8. The number of nitro groups is 1. The lowest BCUT2D eigenvalue weighted by Crippen LogP contribution is -2.47. The first kappa shape index (κ1) is 30.7. The number of non-ortho nitro benzene ring substituents is 1. The molecule has 11 heteroatoms. The topological polar surface area (TPSA) is 126 Å². The Bertz CT molecular complexity index is 1370. The molecule has 0 bridgehead atoms. The van der Waals surface area contributed by atoms with E-state index in [0.29, 0.717) is 23.5 Å². The number of nitro benzene ring substituents is 1. The van der Waals surface area contributed by atoms with Crippen LogP contribution in [0.15, 0.2) is 77.1 Å². The molecule has 0 aliphatic carbocycles. The van der Waals surface area contributed by atoms with Gasteiger partial charge in [0.1, 0.15) is 6.61 Å². The molecule has 0 radical (unpaired) electrons. The van der Waals surface area contributed by atoms with Gasteiger partial charge in [-0.3, -0.25) is 24.6 Å². The fourth-order valence-corrected chi connectivity index (χ4v) is 5.18. The fourth-order valence-electron chi connectivity index (χ4n) is 5.18. The summed E-state index contributed by atoms with van der Waals surface area (Å²) >= 11 is 0. The number of hydrogen-bond acceptors (Lipinski definition) is 9. The largest absolute Gasteiger partial charge is 0.461 e. The normalized spacial score (nSPS) is 18.0. The van der Waals surface area contributed by atoms with Crippen molar-refractivity contribution in [2.75, 3.05) is 44.2 Å². The van der Waals surface area contributed by atoms with Crippen LogP contribution in [0.4, 0.5) is 11.4 Å². The molecular formula is C31H39N5O6. The molecule has 2 N–H and O–H groups in total. The van der Waals surface area contributed by atoms with Crippen LogP contribution in [0.5, 0.6) is 0 Å². The van der Waals surface area contributed by atoms with E-state index in [0.717, 1.165) is 26.2 Å². The summed E-state index contributed by atoms with van der Waals surface area (Å²) in [7, 11) is 0. The van der Waals surface area contributed by atoms with Crippen molar-refractivity contribution < 1.29 is 24.1 Å². The first-order valence-electron chi connectivity index (χ1n) is 14.1. The molecule has 1 saturated heterocycles. The van der Waals surface area contributed by atoms with Crippen LogP contribution < -0.4 is 15.7 Å². The van der Waals surface area contributed by atoms with E-state index >= 15 is 0 Å². The highest BCUT2D eigenvalue weighted by atomic mass is 16.7. The summed E-state index contributed by atoms with van der Waals surface area (Å²) in [6.07, 6.45) is 0. The first-order chi connectivity index (χ1) is 19.9. The molecule has 0 spiro atoms. The molecule has 2 aliphatic heterocycles. The van der Waals surface area contributed by atoms with E-state index in [-0.39, 0.29) is 23.4 Å². The van der Waals surface area contributed by atoms with Crippen LogP contribution in [-0.2, 0) is 19.2 Å². The summed E-state index contributed by atoms with van der Waals surface area (Å²) in [5.74, 6) is -2.05. The van der Waals surface area contributed by atoms with Crippen LogP contribution in [0.25, 0.3) is 0 Å². The first-order valence-corrected chi connectivity index (χ1v) is 14.1. The van der Waals surface area contributed by atoms with Crippen LogP contribution in [-0.4, -0.2) is 66.6 Å². The number of piperazine rings is 1. The van der Waals surface area contributed by atoms with E-state index in [1.54, 1.807) is 46.8 Å². The number of ether oxygens (including phenoxy) is 1. The van der Waals surface area contributed by atoms with Gasteiger partial charge in [0.25, 0.3) is 11.6 Å². The molecule has 2 aromatic carbocycles. The van der Waals surface area contributed by atoms with Gasteiger partial charge in [-0.2, -0.15) is 0 Å². The summed E-state index contributed by atoms with van der Waals surface area (Å²) in [6.45, 7) is 13.0. The molecule has 42 heavy (non-hydrogen) atoms. The Hall–Kier alpha value is -4.22. The van der Waals surface area contributed by atoms with Gasteiger partial charge in [0.2, 0.25) is 0 Å². The Labute approximate surface area is 246 Å². The minimum Gasteiger partial charge on any atom is -0.461 e. The number of allylic oxidation sites excluding steroid dienone is 2. The second-order valence-electron chi connectivity index (χ2n) is 11.4. The van der Waals surface area contributed by atoms with E-state index in [4.69, 9.17) is 9.57 Å². The SMILES string of the molecule is CC1=C(C(=O)NOC(C)(C)C)C(c2cccc([N+](=O)[O-])c2)C(C(=O)OCCN2CCN(c3ccccc3)CC2)=C(C)N1. The van der Waals surface area contributed by atoms with Gasteiger partial charge in [-0.15, -0.1) is 0 Å². The van der Waals surface area contributed by atoms with Crippen molar-refractivity contribution in [3.63, 3.8) is 0 Å². The third-order valence-electron chi connectivity index (χ3n) is 7.22. The molecule has 11 nitrogen and oxygen atoms in total. The Morgan fingerprint density at radius 1 is 1.00 bits per heavy atom. The summed E-state index contributed by atoms with van der Waals surface area (Å²) in [6, 6.07) is 16.2. The standard InChI is InChI=1S/C31H39N5O6/c1-21-26(29(37)33-42-31(3,4)5)28(23-10-9-13-25(20-23)36(39)40)27(22(2)32-21)30(38)41-19-18-34-14-16-35(17-15-34)24-11-7-6-8-12-24/h6-13,20,28,32H,14-19H2,1-5H3,(H,33,37). The predicted octanol–water partition coefficient (Wildman–Crippen LogP) is 4.04. The smallest absolute Gasteiger partial charge is 0.336 e. The number of nitrogens with zero attached hydrogens (tertiary/aromatic N) is 3. The van der Waals surface area contributed by atoms with Crippen molar-refractivity contribution >= 4 is 23.3 Å². The number of carbonyl (C=O) groups is 2. The molecule has 2 aromatic rings. The van der Waals surface area contributed by atoms with Gasteiger partial charge in [0.05, 0.1) is 27.6 Å². The van der Waals surface area contributed by atoms with Crippen LogP contribution in [0, 0.1) is 10.1 Å². The lowest BCUT2D eigenvalue weighted by molar-refractivity contribution is -0.384. The number of dihydropyridines is 1. The van der Waals surface area contributed by atoms with E-state index in [2.05, 4.69) is 32.7 Å². The molecule has 2 aliphatic rings. The van der Waals surface area contributed by atoms with Gasteiger partial charge in [0.15, 0.2) is 0 Å². The highest BCUT2D eigenvalue weighted by Gasteiger charge is 2.38. The van der Waals surface area contributed by atoms with Gasteiger partial charge >= 0.3 is 5.97 Å². The van der Waals surface area contributed by atoms with Crippen molar-refractivity contribution in [1.82, 2.24) is 15.7 Å². The molecule has 1 fully saturated rings. The van der Waals surface area contributed by atoms with Crippen molar-refractivity contribution in [2.24, 2.45) is 0 Å². The van der Waals surface area contributed by atoms with Crippen LogP contribution in [0.1, 0.15) is 46.1 Å². The number of benzene rings is 2. The number of esters is 1. The van der Waals surface area contributed by atoms with E-state index < -0.39 is 28.3 Å². The average Bonchev–Trinajstić information content (AvgIpc) is 2.96. The monoisotopic (exact) mass is 577 g/mol. The molecule has 224 valence electrons. The highest BCUT2D eigenvalue weighted by Crippen LogP contribution is 2.39. The Balaban J connectivity index is 1.50. The summed E-state index contributed by atoms with van der Waals surface area (Å²) in [5.41, 5.74) is 4.75. The molecule has 2 heterocycles. The quantitative estimate of drug-likeness (QED) is 0.258. The fraction of sp³-hybridized carbons (Fsp3) is 0.419.